The summed E-state index contributed by atoms with van der Waals surface area (Å²) in [7, 11) is 2.09. The molecular weight excluding hydrogens is 272 g/mol. The molecule has 0 atom stereocenters. The quantitative estimate of drug-likeness (QED) is 0.875. The molecule has 7 nitrogen and oxygen atoms in total. The number of fused-ring (bicyclic) bond motifs is 1. The Balaban J connectivity index is 1.60. The van der Waals surface area contributed by atoms with Gasteiger partial charge in [-0.2, -0.15) is 4.98 Å². The Kier molecular flexibility index (Phi) is 3.92. The van der Waals surface area contributed by atoms with E-state index < -0.39 is 6.09 Å². The topological polar surface area (TPSA) is 78.8 Å². The van der Waals surface area contributed by atoms with Gasteiger partial charge in [0.25, 0.3) is 0 Å². The van der Waals surface area contributed by atoms with E-state index >= 15 is 0 Å². The number of aromatic nitrogens is 2. The molecule has 0 aromatic carbocycles. The Morgan fingerprint density at radius 1 is 1.38 bits per heavy atom. The van der Waals surface area contributed by atoms with Gasteiger partial charge in [0.2, 0.25) is 0 Å². The fourth-order valence-electron chi connectivity index (χ4n) is 2.81. The van der Waals surface area contributed by atoms with E-state index in [1.165, 1.54) is 4.90 Å². The van der Waals surface area contributed by atoms with Crippen molar-refractivity contribution >= 4 is 6.09 Å². The third-order valence-corrected chi connectivity index (χ3v) is 4.09. The van der Waals surface area contributed by atoms with Gasteiger partial charge in [0.05, 0.1) is 5.69 Å². The second-order valence-electron chi connectivity index (χ2n) is 5.70. The van der Waals surface area contributed by atoms with Gasteiger partial charge in [0.1, 0.15) is 6.10 Å². The number of nitrogens with zero attached hydrogens (tertiary/aromatic N) is 4. The molecule has 1 amide bonds. The third-order valence-electron chi connectivity index (χ3n) is 4.09. The van der Waals surface area contributed by atoms with Gasteiger partial charge in [0, 0.05) is 57.2 Å². The minimum atomic E-state index is -0.859. The second-order valence-corrected chi connectivity index (χ2v) is 5.70. The first-order valence-corrected chi connectivity index (χ1v) is 7.29. The van der Waals surface area contributed by atoms with Crippen molar-refractivity contribution in [3.8, 4) is 6.01 Å². The van der Waals surface area contributed by atoms with Gasteiger partial charge in [-0.05, 0) is 7.05 Å². The summed E-state index contributed by atoms with van der Waals surface area (Å²) in [6.07, 6.45) is 3.29. The summed E-state index contributed by atoms with van der Waals surface area (Å²) in [6.45, 7) is 2.90. The molecular formula is C14H20N4O3. The molecule has 1 aromatic rings. The van der Waals surface area contributed by atoms with Crippen molar-refractivity contribution in [3.05, 3.63) is 17.5 Å². The Hall–Kier alpha value is -1.89. The Morgan fingerprint density at radius 3 is 2.86 bits per heavy atom. The molecule has 21 heavy (non-hydrogen) atoms. The molecule has 114 valence electrons. The van der Waals surface area contributed by atoms with Crippen LogP contribution >= 0.6 is 0 Å². The summed E-state index contributed by atoms with van der Waals surface area (Å²) in [4.78, 5) is 23.3. The molecule has 1 saturated heterocycles. The van der Waals surface area contributed by atoms with Crippen molar-refractivity contribution in [2.24, 2.45) is 0 Å². The fraction of sp³-hybridized carbons (Fsp3) is 0.643. The normalized spacial score (nSPS) is 20.1. The second kappa shape index (κ2) is 5.85. The van der Waals surface area contributed by atoms with Crippen LogP contribution in [0.5, 0.6) is 6.01 Å². The highest BCUT2D eigenvalue weighted by Gasteiger charge is 2.24. The minimum Gasteiger partial charge on any atom is -0.465 e. The van der Waals surface area contributed by atoms with Crippen LogP contribution in [0.1, 0.15) is 24.1 Å². The number of amides is 1. The number of likely N-dealkylation sites (tertiary alicyclic amines) is 1. The molecule has 0 radical (unpaired) electrons. The van der Waals surface area contributed by atoms with E-state index in [1.54, 1.807) is 0 Å². The Bertz CT molecular complexity index is 529. The summed E-state index contributed by atoms with van der Waals surface area (Å²) in [5.41, 5.74) is 2.23. The van der Waals surface area contributed by atoms with E-state index in [-0.39, 0.29) is 6.10 Å². The maximum atomic E-state index is 10.9. The number of carbonyl (C=O) groups is 1. The summed E-state index contributed by atoms with van der Waals surface area (Å²) < 4.78 is 5.82. The molecule has 0 spiro atoms. The predicted molar refractivity (Wildman–Crippen MR) is 75.3 cm³/mol. The van der Waals surface area contributed by atoms with E-state index in [9.17, 15) is 4.79 Å². The van der Waals surface area contributed by atoms with Gasteiger partial charge >= 0.3 is 12.1 Å². The smallest absolute Gasteiger partial charge is 0.407 e. The highest BCUT2D eigenvalue weighted by Crippen LogP contribution is 2.20. The standard InChI is InChI=1S/C14H20N4O3/c1-17-5-4-12-10(9-17)8-15-13(16-12)21-11-2-6-18(7-3-11)14(19)20/h8,11H,2-7,9H2,1H3,(H,19,20). The zero-order chi connectivity index (χ0) is 14.8. The molecule has 1 fully saturated rings. The molecule has 7 heteroatoms. The lowest BCUT2D eigenvalue weighted by Crippen LogP contribution is -2.41. The van der Waals surface area contributed by atoms with Crippen LogP contribution in [0.25, 0.3) is 0 Å². The van der Waals surface area contributed by atoms with Gasteiger partial charge in [-0.1, -0.05) is 0 Å². The number of carboxylic acid groups (broad SMARTS) is 1. The van der Waals surface area contributed by atoms with Gasteiger partial charge in [0.15, 0.2) is 0 Å². The largest absolute Gasteiger partial charge is 0.465 e. The first kappa shape index (κ1) is 14.1. The lowest BCUT2D eigenvalue weighted by Gasteiger charge is -2.30. The monoisotopic (exact) mass is 292 g/mol. The SMILES string of the molecule is CN1CCc2nc(OC3CCN(C(=O)O)CC3)ncc2C1. The molecule has 0 saturated carbocycles. The van der Waals surface area contributed by atoms with Gasteiger partial charge in [-0.25, -0.2) is 9.78 Å². The van der Waals surface area contributed by atoms with Gasteiger partial charge < -0.3 is 19.6 Å². The summed E-state index contributed by atoms with van der Waals surface area (Å²) in [5, 5.41) is 8.92. The zero-order valence-electron chi connectivity index (χ0n) is 12.2. The van der Waals surface area contributed by atoms with E-state index in [2.05, 4.69) is 21.9 Å². The maximum Gasteiger partial charge on any atom is 0.407 e. The van der Waals surface area contributed by atoms with Gasteiger partial charge in [-0.15, -0.1) is 0 Å². The maximum absolute atomic E-state index is 10.9. The Morgan fingerprint density at radius 2 is 2.14 bits per heavy atom. The van der Waals surface area contributed by atoms with E-state index in [4.69, 9.17) is 9.84 Å². The molecule has 0 aliphatic carbocycles. The van der Waals surface area contributed by atoms with Crippen LogP contribution in [0, 0.1) is 0 Å². The van der Waals surface area contributed by atoms with Crippen LogP contribution in [0.3, 0.4) is 0 Å². The highest BCUT2D eigenvalue weighted by molar-refractivity contribution is 5.65. The minimum absolute atomic E-state index is 0.00455. The number of piperidine rings is 1. The zero-order valence-corrected chi connectivity index (χ0v) is 12.2. The van der Waals surface area contributed by atoms with Crippen molar-refractivity contribution in [2.45, 2.75) is 31.9 Å². The number of hydrogen-bond donors (Lipinski definition) is 1. The fourth-order valence-corrected chi connectivity index (χ4v) is 2.81. The van der Waals surface area contributed by atoms with Crippen molar-refractivity contribution in [1.82, 2.24) is 19.8 Å². The number of ether oxygens (including phenoxy) is 1. The molecule has 3 heterocycles. The first-order chi connectivity index (χ1) is 10.1. The molecule has 1 aromatic heterocycles. The van der Waals surface area contributed by atoms with Crippen LogP contribution in [0.2, 0.25) is 0 Å². The van der Waals surface area contributed by atoms with Crippen LogP contribution in [-0.4, -0.2) is 63.8 Å². The van der Waals surface area contributed by atoms with Crippen molar-refractivity contribution in [3.63, 3.8) is 0 Å². The van der Waals surface area contributed by atoms with Crippen LogP contribution < -0.4 is 4.74 Å². The summed E-state index contributed by atoms with van der Waals surface area (Å²) in [6, 6.07) is 0.423. The lowest BCUT2D eigenvalue weighted by molar-refractivity contribution is 0.0840. The third kappa shape index (κ3) is 3.24. The molecule has 2 aliphatic heterocycles. The molecule has 0 unspecified atom stereocenters. The lowest BCUT2D eigenvalue weighted by atomic mass is 10.1. The highest BCUT2D eigenvalue weighted by atomic mass is 16.5. The van der Waals surface area contributed by atoms with Crippen molar-refractivity contribution in [2.75, 3.05) is 26.7 Å². The number of hydrogen-bond acceptors (Lipinski definition) is 5. The van der Waals surface area contributed by atoms with E-state index in [0.717, 1.165) is 30.8 Å². The van der Waals surface area contributed by atoms with Crippen LogP contribution in [0.4, 0.5) is 4.79 Å². The first-order valence-electron chi connectivity index (χ1n) is 7.29. The number of likely N-dealkylation sites (N-methyl/N-ethyl adjacent to an activating group) is 1. The predicted octanol–water partition coefficient (Wildman–Crippen LogP) is 0.986. The average molecular weight is 292 g/mol. The molecule has 0 bridgehead atoms. The number of rotatable bonds is 2. The van der Waals surface area contributed by atoms with E-state index in [1.807, 2.05) is 6.20 Å². The average Bonchev–Trinajstić information content (AvgIpc) is 2.48. The van der Waals surface area contributed by atoms with Crippen molar-refractivity contribution in [1.29, 1.82) is 0 Å². The van der Waals surface area contributed by atoms with Gasteiger partial charge in [-0.3, -0.25) is 0 Å². The summed E-state index contributed by atoms with van der Waals surface area (Å²) in [5.74, 6) is 0. The van der Waals surface area contributed by atoms with Crippen LogP contribution in [-0.2, 0) is 13.0 Å². The Labute approximate surface area is 123 Å². The molecule has 2 aliphatic rings. The van der Waals surface area contributed by atoms with Crippen molar-refractivity contribution < 1.29 is 14.6 Å². The molecule has 3 rings (SSSR count). The van der Waals surface area contributed by atoms with Crippen LogP contribution in [0.15, 0.2) is 6.20 Å². The van der Waals surface area contributed by atoms with E-state index in [0.29, 0.717) is 31.9 Å². The summed E-state index contributed by atoms with van der Waals surface area (Å²) >= 11 is 0. The molecule has 1 N–H and O–H groups in total.